The number of nitrogens with one attached hydrogen (secondary N) is 3. The summed E-state index contributed by atoms with van der Waals surface area (Å²) < 4.78 is 5.43. The van der Waals surface area contributed by atoms with Gasteiger partial charge < -0.3 is 20.0 Å². The van der Waals surface area contributed by atoms with Crippen LogP contribution in [-0.4, -0.2) is 29.2 Å². The highest BCUT2D eigenvalue weighted by molar-refractivity contribution is 5.78. The van der Waals surface area contributed by atoms with Crippen LogP contribution in [0.4, 0.5) is 5.69 Å². The lowest BCUT2D eigenvalue weighted by Crippen LogP contribution is -2.31. The lowest BCUT2D eigenvalue weighted by molar-refractivity contribution is 0.0669. The number of benzene rings is 1. The average Bonchev–Trinajstić information content (AvgIpc) is 2.49. The van der Waals surface area contributed by atoms with E-state index in [1.807, 2.05) is 12.1 Å². The van der Waals surface area contributed by atoms with Gasteiger partial charge in [-0.2, -0.15) is 0 Å². The Labute approximate surface area is 121 Å². The van der Waals surface area contributed by atoms with Crippen LogP contribution < -0.4 is 16.4 Å². The van der Waals surface area contributed by atoms with Crippen LogP contribution in [0.2, 0.25) is 0 Å². The number of aromatic amines is 2. The van der Waals surface area contributed by atoms with Gasteiger partial charge in [0.1, 0.15) is 0 Å². The van der Waals surface area contributed by atoms with Crippen molar-refractivity contribution in [3.05, 3.63) is 38.9 Å². The lowest BCUT2D eigenvalue weighted by Gasteiger charge is -2.29. The van der Waals surface area contributed by atoms with Crippen molar-refractivity contribution in [2.24, 2.45) is 0 Å². The molecule has 0 bridgehead atoms. The van der Waals surface area contributed by atoms with E-state index in [-0.39, 0.29) is 0 Å². The summed E-state index contributed by atoms with van der Waals surface area (Å²) >= 11 is 0. The molecule has 0 amide bonds. The molecule has 1 aromatic heterocycles. The third kappa shape index (κ3) is 3.00. The van der Waals surface area contributed by atoms with E-state index in [9.17, 15) is 9.59 Å². The number of hydrogen-bond acceptors (Lipinski definition) is 4. The van der Waals surface area contributed by atoms with Gasteiger partial charge in [-0.25, -0.2) is 0 Å². The van der Waals surface area contributed by atoms with Crippen LogP contribution in [0.5, 0.6) is 0 Å². The molecule has 1 fully saturated rings. The molecule has 1 aliphatic rings. The normalized spacial score (nSPS) is 22.3. The Morgan fingerprint density at radius 2 is 1.90 bits per heavy atom. The van der Waals surface area contributed by atoms with E-state index in [0.29, 0.717) is 23.2 Å². The van der Waals surface area contributed by atoms with Gasteiger partial charge in [0, 0.05) is 18.8 Å². The van der Waals surface area contributed by atoms with Crippen molar-refractivity contribution < 1.29 is 4.74 Å². The highest BCUT2D eigenvalue weighted by atomic mass is 16.5. The molecule has 2 aromatic rings. The second-order valence-electron chi connectivity index (χ2n) is 5.53. The van der Waals surface area contributed by atoms with Crippen LogP contribution in [-0.2, 0) is 4.74 Å². The minimum atomic E-state index is -0.628. The molecule has 0 aliphatic heterocycles. The Morgan fingerprint density at radius 1 is 1.14 bits per heavy atom. The number of hydrogen-bond donors (Lipinski definition) is 3. The second-order valence-corrected chi connectivity index (χ2v) is 5.53. The van der Waals surface area contributed by atoms with E-state index in [0.717, 1.165) is 31.4 Å². The third-order valence-corrected chi connectivity index (χ3v) is 4.05. The van der Waals surface area contributed by atoms with Gasteiger partial charge in [0.15, 0.2) is 0 Å². The summed E-state index contributed by atoms with van der Waals surface area (Å²) in [6.07, 6.45) is 4.67. The third-order valence-electron chi connectivity index (χ3n) is 4.05. The van der Waals surface area contributed by atoms with Crippen LogP contribution in [0, 0.1) is 0 Å². The van der Waals surface area contributed by atoms with Crippen molar-refractivity contribution in [3.8, 4) is 0 Å². The Kier molecular flexibility index (Phi) is 3.79. The van der Waals surface area contributed by atoms with Crippen LogP contribution in [0.25, 0.3) is 11.0 Å². The largest absolute Gasteiger partial charge is 0.382 e. The second kappa shape index (κ2) is 5.73. The van der Waals surface area contributed by atoms with Crippen molar-refractivity contribution in [2.75, 3.05) is 12.4 Å². The molecule has 1 aromatic carbocycles. The first kappa shape index (κ1) is 13.9. The van der Waals surface area contributed by atoms with Crippen LogP contribution in [0.3, 0.4) is 0 Å². The van der Waals surface area contributed by atoms with Gasteiger partial charge in [-0.05, 0) is 43.9 Å². The maximum Gasteiger partial charge on any atom is 0.314 e. The first-order valence-electron chi connectivity index (χ1n) is 7.21. The molecule has 3 rings (SSSR count). The van der Waals surface area contributed by atoms with E-state index in [1.165, 1.54) is 0 Å². The van der Waals surface area contributed by atoms with Gasteiger partial charge in [-0.3, -0.25) is 9.59 Å². The number of anilines is 1. The first-order chi connectivity index (χ1) is 10.2. The number of methoxy groups -OCH3 is 1. The predicted molar refractivity (Wildman–Crippen MR) is 81.9 cm³/mol. The summed E-state index contributed by atoms with van der Waals surface area (Å²) in [5, 5.41) is 3.48. The van der Waals surface area contributed by atoms with Gasteiger partial charge in [0.2, 0.25) is 0 Å². The van der Waals surface area contributed by atoms with Crippen molar-refractivity contribution >= 4 is 16.7 Å². The van der Waals surface area contributed by atoms with Crippen molar-refractivity contribution in [3.63, 3.8) is 0 Å². The zero-order valence-electron chi connectivity index (χ0n) is 11.9. The summed E-state index contributed by atoms with van der Waals surface area (Å²) in [5.74, 6) is 0. The fourth-order valence-corrected chi connectivity index (χ4v) is 2.93. The molecular formula is C15H19N3O3. The van der Waals surface area contributed by atoms with Crippen LogP contribution >= 0.6 is 0 Å². The fraction of sp³-hybridized carbons (Fsp3) is 0.467. The molecule has 6 heteroatoms. The molecule has 1 saturated carbocycles. The summed E-state index contributed by atoms with van der Waals surface area (Å²) in [5.41, 5.74) is 0.939. The summed E-state index contributed by atoms with van der Waals surface area (Å²) in [6.45, 7) is 0. The molecule has 0 saturated heterocycles. The highest BCUT2D eigenvalue weighted by Crippen LogP contribution is 2.24. The van der Waals surface area contributed by atoms with Gasteiger partial charge in [0.05, 0.1) is 17.1 Å². The molecule has 21 heavy (non-hydrogen) atoms. The monoisotopic (exact) mass is 289 g/mol. The van der Waals surface area contributed by atoms with E-state index >= 15 is 0 Å². The smallest absolute Gasteiger partial charge is 0.314 e. The maximum absolute atomic E-state index is 11.4. The Morgan fingerprint density at radius 3 is 2.67 bits per heavy atom. The molecule has 2 atom stereocenters. The molecule has 1 aliphatic carbocycles. The topological polar surface area (TPSA) is 87.0 Å². The summed E-state index contributed by atoms with van der Waals surface area (Å²) in [7, 11) is 1.75. The SMILES string of the molecule is COC1CCCC(Nc2ccc3[nH]c(=O)c(=O)[nH]c3c2)C1. The van der Waals surface area contributed by atoms with Crippen molar-refractivity contribution in [1.29, 1.82) is 0 Å². The summed E-state index contributed by atoms with van der Waals surface area (Å²) in [4.78, 5) is 27.8. The molecule has 0 spiro atoms. The maximum atomic E-state index is 11.4. The molecule has 1 heterocycles. The van der Waals surface area contributed by atoms with Gasteiger partial charge in [0.25, 0.3) is 0 Å². The fourth-order valence-electron chi connectivity index (χ4n) is 2.93. The molecular weight excluding hydrogens is 270 g/mol. The van der Waals surface area contributed by atoms with Crippen molar-refractivity contribution in [1.82, 2.24) is 9.97 Å². The Balaban J connectivity index is 1.82. The minimum Gasteiger partial charge on any atom is -0.382 e. The molecule has 112 valence electrons. The zero-order valence-corrected chi connectivity index (χ0v) is 11.9. The zero-order chi connectivity index (χ0) is 14.8. The number of rotatable bonds is 3. The highest BCUT2D eigenvalue weighted by Gasteiger charge is 2.21. The first-order valence-corrected chi connectivity index (χ1v) is 7.21. The van der Waals surface area contributed by atoms with E-state index < -0.39 is 11.1 Å². The van der Waals surface area contributed by atoms with E-state index in [1.54, 1.807) is 13.2 Å². The number of fused-ring (bicyclic) bond motifs is 1. The average molecular weight is 289 g/mol. The molecule has 3 N–H and O–H groups in total. The van der Waals surface area contributed by atoms with E-state index in [4.69, 9.17) is 4.74 Å². The van der Waals surface area contributed by atoms with E-state index in [2.05, 4.69) is 15.3 Å². The van der Waals surface area contributed by atoms with Gasteiger partial charge in [-0.1, -0.05) is 0 Å². The van der Waals surface area contributed by atoms with Crippen LogP contribution in [0.1, 0.15) is 25.7 Å². The Bertz CT molecular complexity index is 750. The standard InChI is InChI=1S/C15H19N3O3/c1-21-11-4-2-3-9(7-11)16-10-5-6-12-13(8-10)18-15(20)14(19)17-12/h5-6,8-9,11,16H,2-4,7H2,1H3,(H,17,19)(H,18,20). The number of ether oxygens (including phenoxy) is 1. The number of aromatic nitrogens is 2. The predicted octanol–water partition coefficient (Wildman–Crippen LogP) is 1.59. The molecule has 0 radical (unpaired) electrons. The van der Waals surface area contributed by atoms with Gasteiger partial charge in [-0.15, -0.1) is 0 Å². The van der Waals surface area contributed by atoms with Crippen LogP contribution in [0.15, 0.2) is 27.8 Å². The quantitative estimate of drug-likeness (QED) is 0.749. The Hall–Kier alpha value is -2.08. The van der Waals surface area contributed by atoms with Gasteiger partial charge >= 0.3 is 11.1 Å². The van der Waals surface area contributed by atoms with Crippen molar-refractivity contribution in [2.45, 2.75) is 37.8 Å². The minimum absolute atomic E-state index is 0.313. The lowest BCUT2D eigenvalue weighted by atomic mass is 9.92. The molecule has 6 nitrogen and oxygen atoms in total. The number of H-pyrrole nitrogens is 2. The molecule has 2 unspecified atom stereocenters. The summed E-state index contributed by atoms with van der Waals surface area (Å²) in [6, 6.07) is 5.93.